The number of carboxylic acids is 1. The highest BCUT2D eigenvalue weighted by atomic mass is 32.2. The molecule has 3 rings (SSSR count). The second-order valence-electron chi connectivity index (χ2n) is 9.07. The number of thioether (sulfide) groups is 1. The molecule has 32 heavy (non-hydrogen) atoms. The Morgan fingerprint density at radius 3 is 2.56 bits per heavy atom. The predicted octanol–water partition coefficient (Wildman–Crippen LogP) is -2.33. The van der Waals surface area contributed by atoms with E-state index in [0.717, 1.165) is 0 Å². The Kier molecular flexibility index (Phi) is 8.78. The summed E-state index contributed by atoms with van der Waals surface area (Å²) in [5.41, 5.74) is -0.726. The first-order valence-electron chi connectivity index (χ1n) is 11.0. The minimum atomic E-state index is -1.39. The van der Waals surface area contributed by atoms with Gasteiger partial charge in [0.1, 0.15) is 35.9 Å². The lowest BCUT2D eigenvalue weighted by molar-refractivity contribution is -0.208. The molecule has 0 spiro atoms. The molecular formula is C20H35N3O8S. The Morgan fingerprint density at radius 2 is 1.94 bits per heavy atom. The van der Waals surface area contributed by atoms with Crippen molar-refractivity contribution in [1.29, 1.82) is 0 Å². The van der Waals surface area contributed by atoms with Crippen molar-refractivity contribution in [2.75, 3.05) is 39.0 Å². The van der Waals surface area contributed by atoms with E-state index in [-0.39, 0.29) is 24.3 Å². The molecule has 3 unspecified atom stereocenters. The molecule has 0 aromatic heterocycles. The molecule has 0 saturated carbocycles. The Labute approximate surface area is 191 Å². The molecule has 0 bridgehead atoms. The number of nitrogens with one attached hydrogen (secondary N) is 2. The van der Waals surface area contributed by atoms with Crippen LogP contribution in [0, 0.1) is 11.8 Å². The van der Waals surface area contributed by atoms with Crippen LogP contribution in [0.3, 0.4) is 0 Å². The standard InChI is InChI=1S/C20H35N3O8S/c1-9(2)12(18-15(27)14(26)16(28)20(31-18)32-3)22-19(29)13-17-10(6-21-13)7-23(4-5-30-17)8-11(24)25/h9-10,12-18,20-21,26-28H,4-8H2,1-3H3,(H,22,29)(H,24,25)/t10-,12-,13+,14?,15?,16-,17-,18-,20?/m1/s1. The van der Waals surface area contributed by atoms with Gasteiger partial charge in [0.25, 0.3) is 0 Å². The van der Waals surface area contributed by atoms with Crippen LogP contribution in [-0.4, -0.2) is 124 Å². The summed E-state index contributed by atoms with van der Waals surface area (Å²) in [7, 11) is 0. The summed E-state index contributed by atoms with van der Waals surface area (Å²) in [6, 6.07) is -1.23. The van der Waals surface area contributed by atoms with Crippen molar-refractivity contribution in [3.8, 4) is 0 Å². The number of hydrogen-bond acceptors (Lipinski definition) is 10. The van der Waals surface area contributed by atoms with Crippen molar-refractivity contribution < 1.29 is 39.5 Å². The molecule has 1 amide bonds. The maximum Gasteiger partial charge on any atom is 0.317 e. The summed E-state index contributed by atoms with van der Waals surface area (Å²) in [6.07, 6.45) is -3.53. The molecule has 12 heteroatoms. The predicted molar refractivity (Wildman–Crippen MR) is 116 cm³/mol. The summed E-state index contributed by atoms with van der Waals surface area (Å²) in [4.78, 5) is 26.1. The van der Waals surface area contributed by atoms with Crippen LogP contribution in [0.15, 0.2) is 0 Å². The third-order valence-electron chi connectivity index (χ3n) is 6.46. The number of aliphatic hydroxyl groups is 3. The van der Waals surface area contributed by atoms with Crippen molar-refractivity contribution in [3.05, 3.63) is 0 Å². The first-order valence-corrected chi connectivity index (χ1v) is 12.2. The average molecular weight is 478 g/mol. The molecule has 0 aromatic rings. The Morgan fingerprint density at radius 1 is 1.22 bits per heavy atom. The normalized spacial score (nSPS) is 39.3. The number of carbonyl (C=O) groups excluding carboxylic acids is 1. The molecule has 11 nitrogen and oxygen atoms in total. The van der Waals surface area contributed by atoms with Gasteiger partial charge in [-0.25, -0.2) is 0 Å². The summed E-state index contributed by atoms with van der Waals surface area (Å²) in [5, 5.41) is 46.2. The van der Waals surface area contributed by atoms with Crippen LogP contribution in [0.2, 0.25) is 0 Å². The lowest BCUT2D eigenvalue weighted by Gasteiger charge is -2.44. The molecule has 3 aliphatic rings. The van der Waals surface area contributed by atoms with E-state index in [9.17, 15) is 24.9 Å². The number of carboxylic acid groups (broad SMARTS) is 1. The molecule has 3 heterocycles. The number of nitrogens with zero attached hydrogens (tertiary/aromatic N) is 1. The van der Waals surface area contributed by atoms with Gasteiger partial charge in [0.05, 0.1) is 25.3 Å². The zero-order valence-electron chi connectivity index (χ0n) is 18.6. The van der Waals surface area contributed by atoms with Crippen LogP contribution in [0.1, 0.15) is 13.8 Å². The molecule has 3 aliphatic heterocycles. The Hall–Kier alpha value is -0.990. The van der Waals surface area contributed by atoms with Crippen LogP contribution >= 0.6 is 11.8 Å². The second-order valence-corrected chi connectivity index (χ2v) is 10.0. The van der Waals surface area contributed by atoms with Crippen molar-refractivity contribution in [1.82, 2.24) is 15.5 Å². The first kappa shape index (κ1) is 25.6. The van der Waals surface area contributed by atoms with Crippen molar-refractivity contribution in [2.45, 2.75) is 61.9 Å². The summed E-state index contributed by atoms with van der Waals surface area (Å²) >= 11 is 1.22. The highest BCUT2D eigenvalue weighted by Gasteiger charge is 2.49. The van der Waals surface area contributed by atoms with Crippen LogP contribution in [0.5, 0.6) is 0 Å². The zero-order valence-corrected chi connectivity index (χ0v) is 19.4. The summed E-state index contributed by atoms with van der Waals surface area (Å²) in [5.74, 6) is -1.35. The number of ether oxygens (including phenoxy) is 2. The van der Waals surface area contributed by atoms with Gasteiger partial charge in [0, 0.05) is 25.6 Å². The maximum absolute atomic E-state index is 13.2. The quantitative estimate of drug-likeness (QED) is 0.233. The maximum atomic E-state index is 13.2. The summed E-state index contributed by atoms with van der Waals surface area (Å²) in [6.45, 7) is 5.55. The molecule has 184 valence electrons. The summed E-state index contributed by atoms with van der Waals surface area (Å²) < 4.78 is 11.8. The van der Waals surface area contributed by atoms with E-state index in [4.69, 9.17) is 14.6 Å². The van der Waals surface area contributed by atoms with E-state index in [0.29, 0.717) is 26.2 Å². The molecule has 0 aromatic carbocycles. The number of aliphatic hydroxyl groups excluding tert-OH is 3. The SMILES string of the molecule is CSC1O[C@H]([C@H](NC(=O)[C@H]2NC[C@@H]3CN(CC(=O)O)CCO[C@H]32)C(C)C)C(O)C(O)[C@H]1O. The minimum Gasteiger partial charge on any atom is -0.480 e. The number of rotatable bonds is 7. The fourth-order valence-corrected chi connectivity index (χ4v) is 5.43. The topological polar surface area (TPSA) is 161 Å². The average Bonchev–Trinajstić information content (AvgIpc) is 3.02. The lowest BCUT2D eigenvalue weighted by atomic mass is 9.88. The van der Waals surface area contributed by atoms with E-state index in [1.807, 2.05) is 18.7 Å². The van der Waals surface area contributed by atoms with Gasteiger partial charge in [-0.3, -0.25) is 14.5 Å². The molecule has 9 atom stereocenters. The smallest absolute Gasteiger partial charge is 0.317 e. The molecular weight excluding hydrogens is 442 g/mol. The molecule has 6 N–H and O–H groups in total. The van der Waals surface area contributed by atoms with Gasteiger partial charge < -0.3 is 40.5 Å². The van der Waals surface area contributed by atoms with Crippen LogP contribution in [0.25, 0.3) is 0 Å². The number of carbonyl (C=O) groups is 2. The fourth-order valence-electron chi connectivity index (χ4n) is 4.75. The van der Waals surface area contributed by atoms with E-state index in [2.05, 4.69) is 10.6 Å². The fraction of sp³-hybridized carbons (Fsp3) is 0.900. The van der Waals surface area contributed by atoms with E-state index in [1.54, 1.807) is 6.26 Å². The third-order valence-corrected chi connectivity index (χ3v) is 7.32. The zero-order chi connectivity index (χ0) is 23.6. The molecule has 3 fully saturated rings. The van der Waals surface area contributed by atoms with Crippen LogP contribution < -0.4 is 10.6 Å². The van der Waals surface area contributed by atoms with Gasteiger partial charge in [-0.1, -0.05) is 13.8 Å². The van der Waals surface area contributed by atoms with E-state index >= 15 is 0 Å². The van der Waals surface area contributed by atoms with Crippen molar-refractivity contribution in [3.63, 3.8) is 0 Å². The number of fused-ring (bicyclic) bond motifs is 1. The molecule has 0 aliphatic carbocycles. The number of aliphatic carboxylic acids is 1. The molecule has 0 radical (unpaired) electrons. The van der Waals surface area contributed by atoms with Gasteiger partial charge >= 0.3 is 5.97 Å². The largest absolute Gasteiger partial charge is 0.480 e. The van der Waals surface area contributed by atoms with Gasteiger partial charge in [-0.05, 0) is 12.2 Å². The van der Waals surface area contributed by atoms with E-state index < -0.39 is 54.0 Å². The second kappa shape index (κ2) is 11.0. The molecule has 3 saturated heterocycles. The Balaban J connectivity index is 1.68. The monoisotopic (exact) mass is 477 g/mol. The van der Waals surface area contributed by atoms with Crippen molar-refractivity contribution >= 4 is 23.6 Å². The Bertz CT molecular complexity index is 669. The van der Waals surface area contributed by atoms with E-state index in [1.165, 1.54) is 11.8 Å². The van der Waals surface area contributed by atoms with Crippen LogP contribution in [-0.2, 0) is 19.1 Å². The number of hydrogen-bond donors (Lipinski definition) is 6. The van der Waals surface area contributed by atoms with Crippen molar-refractivity contribution in [2.24, 2.45) is 11.8 Å². The van der Waals surface area contributed by atoms with Crippen LogP contribution in [0.4, 0.5) is 0 Å². The third kappa shape index (κ3) is 5.55. The minimum absolute atomic E-state index is 0.0283. The first-order chi connectivity index (χ1) is 15.1. The van der Waals surface area contributed by atoms with Gasteiger partial charge in [0.15, 0.2) is 0 Å². The van der Waals surface area contributed by atoms with Gasteiger partial charge in [-0.15, -0.1) is 11.8 Å². The van der Waals surface area contributed by atoms with Gasteiger partial charge in [0.2, 0.25) is 5.91 Å². The highest BCUT2D eigenvalue weighted by molar-refractivity contribution is 7.99. The lowest BCUT2D eigenvalue weighted by Crippen LogP contribution is -2.65. The highest BCUT2D eigenvalue weighted by Crippen LogP contribution is 2.31. The number of amides is 1. The van der Waals surface area contributed by atoms with Gasteiger partial charge in [-0.2, -0.15) is 0 Å².